The van der Waals surface area contributed by atoms with Crippen molar-refractivity contribution in [3.05, 3.63) is 70.8 Å². The molecule has 6 heteroatoms. The number of oxazole rings is 1. The highest BCUT2D eigenvalue weighted by molar-refractivity contribution is 6.30. The minimum atomic E-state index is 0.230. The monoisotopic (exact) mass is 397 g/mol. The van der Waals surface area contributed by atoms with E-state index >= 15 is 0 Å². The van der Waals surface area contributed by atoms with E-state index in [4.69, 9.17) is 25.7 Å². The third-order valence-corrected chi connectivity index (χ3v) is 5.24. The number of benzene rings is 1. The number of aromatic nitrogens is 2. The molecule has 1 aliphatic heterocycles. The Morgan fingerprint density at radius 1 is 1.29 bits per heavy atom. The van der Waals surface area contributed by atoms with Gasteiger partial charge < -0.3 is 9.15 Å². The van der Waals surface area contributed by atoms with Gasteiger partial charge in [-0.15, -0.1) is 0 Å². The molecular weight excluding hydrogens is 374 g/mol. The molecule has 0 saturated carbocycles. The number of likely N-dealkylation sites (tertiary alicyclic amines) is 1. The number of aryl methyl sites for hydroxylation is 1. The van der Waals surface area contributed by atoms with Crippen LogP contribution in [0.15, 0.2) is 53.2 Å². The Kier molecular flexibility index (Phi) is 6.05. The first-order chi connectivity index (χ1) is 13.7. The molecule has 1 aromatic carbocycles. The highest BCUT2D eigenvalue weighted by Crippen LogP contribution is 2.26. The van der Waals surface area contributed by atoms with Crippen LogP contribution in [0.4, 0.5) is 0 Å². The van der Waals surface area contributed by atoms with Gasteiger partial charge in [0.1, 0.15) is 5.76 Å². The first kappa shape index (κ1) is 19.1. The second-order valence-corrected chi connectivity index (χ2v) is 7.64. The number of rotatable bonds is 6. The van der Waals surface area contributed by atoms with Crippen LogP contribution in [0.3, 0.4) is 0 Å². The van der Waals surface area contributed by atoms with Crippen LogP contribution in [-0.4, -0.2) is 34.1 Å². The maximum atomic E-state index is 6.11. The molecule has 1 saturated heterocycles. The molecule has 1 aliphatic rings. The molecule has 146 valence electrons. The lowest BCUT2D eigenvalue weighted by Gasteiger charge is -2.32. The summed E-state index contributed by atoms with van der Waals surface area (Å²) in [5, 5.41) is 0.680. The van der Waals surface area contributed by atoms with Gasteiger partial charge in [-0.05, 0) is 56.1 Å². The van der Waals surface area contributed by atoms with E-state index in [1.165, 1.54) is 0 Å². The zero-order valence-corrected chi connectivity index (χ0v) is 16.7. The van der Waals surface area contributed by atoms with E-state index < -0.39 is 0 Å². The second kappa shape index (κ2) is 8.86. The van der Waals surface area contributed by atoms with E-state index in [2.05, 4.69) is 9.88 Å². The lowest BCUT2D eigenvalue weighted by atomic mass is 10.1. The second-order valence-electron chi connectivity index (χ2n) is 7.20. The van der Waals surface area contributed by atoms with Crippen LogP contribution in [0.5, 0.6) is 0 Å². The standard InChI is InChI=1S/C22H24ClN3O2/c1-16-21(25-22(28-16)18-6-2-7-19(23)11-18)14-26-10-4-8-20(13-26)27-15-17-5-3-9-24-12-17/h2-3,5-7,9,11-12,20H,4,8,10,13-15H2,1H3/t20-/m0/s1. The fraction of sp³-hybridized carbons (Fsp3) is 0.364. The average Bonchev–Trinajstić information content (AvgIpc) is 3.08. The number of halogens is 1. The quantitative estimate of drug-likeness (QED) is 0.593. The van der Waals surface area contributed by atoms with E-state index in [1.807, 2.05) is 49.5 Å². The smallest absolute Gasteiger partial charge is 0.226 e. The molecule has 0 bridgehead atoms. The summed E-state index contributed by atoms with van der Waals surface area (Å²) >= 11 is 6.09. The molecule has 28 heavy (non-hydrogen) atoms. The molecule has 0 aliphatic carbocycles. The van der Waals surface area contributed by atoms with Crippen LogP contribution in [0, 0.1) is 6.92 Å². The maximum absolute atomic E-state index is 6.11. The molecule has 0 unspecified atom stereocenters. The first-order valence-electron chi connectivity index (χ1n) is 9.62. The van der Waals surface area contributed by atoms with Crippen LogP contribution in [0.1, 0.15) is 29.9 Å². The Balaban J connectivity index is 1.37. The normalized spacial score (nSPS) is 17.7. The van der Waals surface area contributed by atoms with Gasteiger partial charge in [0.15, 0.2) is 0 Å². The zero-order chi connectivity index (χ0) is 19.3. The molecule has 5 nitrogen and oxygen atoms in total. The molecule has 0 radical (unpaired) electrons. The molecule has 4 rings (SSSR count). The molecule has 3 heterocycles. The van der Waals surface area contributed by atoms with Crippen molar-refractivity contribution in [2.45, 2.75) is 39.0 Å². The Hall–Kier alpha value is -2.21. The van der Waals surface area contributed by atoms with Crippen molar-refractivity contribution in [2.24, 2.45) is 0 Å². The molecule has 2 aromatic heterocycles. The number of piperidine rings is 1. The van der Waals surface area contributed by atoms with E-state index in [9.17, 15) is 0 Å². The number of nitrogens with zero attached hydrogens (tertiary/aromatic N) is 3. The van der Waals surface area contributed by atoms with Crippen molar-refractivity contribution < 1.29 is 9.15 Å². The van der Waals surface area contributed by atoms with E-state index in [-0.39, 0.29) is 6.10 Å². The van der Waals surface area contributed by atoms with Crippen molar-refractivity contribution in [2.75, 3.05) is 13.1 Å². The third-order valence-electron chi connectivity index (χ3n) is 5.01. The molecular formula is C22H24ClN3O2. The van der Waals surface area contributed by atoms with Gasteiger partial charge in [-0.3, -0.25) is 9.88 Å². The van der Waals surface area contributed by atoms with Gasteiger partial charge in [-0.1, -0.05) is 23.7 Å². The topological polar surface area (TPSA) is 51.4 Å². The minimum absolute atomic E-state index is 0.230. The fourth-order valence-corrected chi connectivity index (χ4v) is 3.71. The summed E-state index contributed by atoms with van der Waals surface area (Å²) in [5.74, 6) is 1.48. The highest BCUT2D eigenvalue weighted by atomic mass is 35.5. The Morgan fingerprint density at radius 3 is 3.04 bits per heavy atom. The van der Waals surface area contributed by atoms with E-state index in [0.717, 1.165) is 55.1 Å². The number of ether oxygens (including phenoxy) is 1. The molecule has 0 spiro atoms. The van der Waals surface area contributed by atoms with Gasteiger partial charge in [0.05, 0.1) is 18.4 Å². The predicted octanol–water partition coefficient (Wildman–Crippen LogP) is 4.88. The van der Waals surface area contributed by atoms with Gasteiger partial charge in [0, 0.05) is 36.1 Å². The summed E-state index contributed by atoms with van der Waals surface area (Å²) in [7, 11) is 0. The Labute approximate surface area is 170 Å². The van der Waals surface area contributed by atoms with Crippen molar-refractivity contribution >= 4 is 11.6 Å². The summed E-state index contributed by atoms with van der Waals surface area (Å²) in [6, 6.07) is 11.6. The van der Waals surface area contributed by atoms with Crippen LogP contribution in [0.2, 0.25) is 5.02 Å². The minimum Gasteiger partial charge on any atom is -0.441 e. The largest absolute Gasteiger partial charge is 0.441 e. The average molecular weight is 398 g/mol. The van der Waals surface area contributed by atoms with Crippen molar-refractivity contribution in [1.29, 1.82) is 0 Å². The molecule has 1 atom stereocenters. The lowest BCUT2D eigenvalue weighted by Crippen LogP contribution is -2.39. The summed E-state index contributed by atoms with van der Waals surface area (Å²) in [6.07, 6.45) is 6.08. The van der Waals surface area contributed by atoms with Gasteiger partial charge in [0.2, 0.25) is 5.89 Å². The Bertz CT molecular complexity index is 913. The third kappa shape index (κ3) is 4.79. The summed E-state index contributed by atoms with van der Waals surface area (Å²) < 4.78 is 12.0. The van der Waals surface area contributed by atoms with Crippen LogP contribution >= 0.6 is 11.6 Å². The summed E-state index contributed by atoms with van der Waals surface area (Å²) in [5.41, 5.74) is 2.99. The van der Waals surface area contributed by atoms with Crippen molar-refractivity contribution in [3.63, 3.8) is 0 Å². The number of hydrogen-bond acceptors (Lipinski definition) is 5. The maximum Gasteiger partial charge on any atom is 0.226 e. The van der Waals surface area contributed by atoms with Crippen molar-refractivity contribution in [3.8, 4) is 11.5 Å². The Morgan fingerprint density at radius 2 is 2.21 bits per heavy atom. The molecule has 1 fully saturated rings. The van der Waals surface area contributed by atoms with Crippen molar-refractivity contribution in [1.82, 2.24) is 14.9 Å². The van der Waals surface area contributed by atoms with E-state index in [0.29, 0.717) is 17.5 Å². The SMILES string of the molecule is Cc1oc(-c2cccc(Cl)c2)nc1CN1CCC[C@H](OCc2cccnc2)C1. The first-order valence-corrected chi connectivity index (χ1v) is 10.0. The van der Waals surface area contributed by atoms with Gasteiger partial charge in [0.25, 0.3) is 0 Å². The van der Waals surface area contributed by atoms with E-state index in [1.54, 1.807) is 6.20 Å². The van der Waals surface area contributed by atoms with Crippen LogP contribution < -0.4 is 0 Å². The summed E-state index contributed by atoms with van der Waals surface area (Å²) in [4.78, 5) is 11.3. The predicted molar refractivity (Wildman–Crippen MR) is 109 cm³/mol. The molecule has 3 aromatic rings. The van der Waals surface area contributed by atoms with Gasteiger partial charge >= 0.3 is 0 Å². The molecule has 0 N–H and O–H groups in total. The van der Waals surface area contributed by atoms with Crippen LogP contribution in [0.25, 0.3) is 11.5 Å². The highest BCUT2D eigenvalue weighted by Gasteiger charge is 2.23. The van der Waals surface area contributed by atoms with Crippen LogP contribution in [-0.2, 0) is 17.9 Å². The fourth-order valence-electron chi connectivity index (χ4n) is 3.52. The lowest BCUT2D eigenvalue weighted by molar-refractivity contribution is -0.0124. The molecule has 0 amide bonds. The van der Waals surface area contributed by atoms with Gasteiger partial charge in [-0.2, -0.15) is 0 Å². The van der Waals surface area contributed by atoms with Gasteiger partial charge in [-0.25, -0.2) is 4.98 Å². The zero-order valence-electron chi connectivity index (χ0n) is 16.0. The summed E-state index contributed by atoms with van der Waals surface area (Å²) in [6.45, 7) is 5.29. The number of pyridine rings is 1. The number of hydrogen-bond donors (Lipinski definition) is 0.